The second-order valence-electron chi connectivity index (χ2n) is 5.60. The van der Waals surface area contributed by atoms with Gasteiger partial charge < -0.3 is 10.6 Å². The van der Waals surface area contributed by atoms with Crippen molar-refractivity contribution in [1.82, 2.24) is 9.62 Å². The summed E-state index contributed by atoms with van der Waals surface area (Å²) in [5.74, 6) is 0.126. The maximum absolute atomic E-state index is 12.5. The predicted molar refractivity (Wildman–Crippen MR) is 83.1 cm³/mol. The molecule has 0 aliphatic rings. The van der Waals surface area contributed by atoms with E-state index in [1.165, 1.54) is 18.2 Å². The number of anilines is 1. The molecule has 0 radical (unpaired) electrons. The highest BCUT2D eigenvalue weighted by molar-refractivity contribution is 7.89. The van der Waals surface area contributed by atoms with Crippen LogP contribution in [-0.2, 0) is 10.0 Å². The average molecular weight is 310 g/mol. The van der Waals surface area contributed by atoms with Crippen molar-refractivity contribution in [3.63, 3.8) is 0 Å². The van der Waals surface area contributed by atoms with Gasteiger partial charge in [-0.3, -0.25) is 0 Å². The van der Waals surface area contributed by atoms with E-state index in [1.807, 2.05) is 38.9 Å². The first-order valence-electron chi connectivity index (χ1n) is 6.64. The molecule has 0 bridgehead atoms. The van der Waals surface area contributed by atoms with E-state index in [1.54, 1.807) is 0 Å². The first kappa shape index (κ1) is 17.4. The van der Waals surface area contributed by atoms with Gasteiger partial charge in [-0.05, 0) is 38.2 Å². The number of benzene rings is 1. The number of likely N-dealkylation sites (N-methyl/N-ethyl adjacent to an activating group) is 1. The Labute approximate surface area is 126 Å². The Morgan fingerprint density at radius 3 is 2.48 bits per heavy atom. The Morgan fingerprint density at radius 1 is 1.38 bits per heavy atom. The second-order valence-corrected chi connectivity index (χ2v) is 7.28. The minimum atomic E-state index is -3.76. The highest BCUT2D eigenvalue weighted by atomic mass is 32.2. The lowest BCUT2D eigenvalue weighted by molar-refractivity contribution is 0.314. The van der Waals surface area contributed by atoms with Crippen LogP contribution in [0.5, 0.6) is 0 Å². The molecule has 0 saturated heterocycles. The van der Waals surface area contributed by atoms with Gasteiger partial charge in [0.15, 0.2) is 0 Å². The molecule has 0 saturated carbocycles. The summed E-state index contributed by atoms with van der Waals surface area (Å²) in [4.78, 5) is 1.88. The number of hydrogen-bond donors (Lipinski definition) is 2. The number of nitrogens with one attached hydrogen (secondary N) is 1. The highest BCUT2D eigenvalue weighted by Crippen LogP contribution is 2.19. The molecule has 1 aromatic carbocycles. The van der Waals surface area contributed by atoms with Crippen LogP contribution < -0.4 is 10.5 Å². The molecule has 0 amide bonds. The number of nitrogens with zero attached hydrogens (tertiary/aromatic N) is 2. The molecule has 1 atom stereocenters. The highest BCUT2D eigenvalue weighted by Gasteiger charge is 2.25. The molecule has 6 nitrogen and oxygen atoms in total. The number of sulfonamides is 1. The van der Waals surface area contributed by atoms with Crippen molar-refractivity contribution in [2.75, 3.05) is 26.4 Å². The third-order valence-electron chi connectivity index (χ3n) is 3.09. The lowest BCUT2D eigenvalue weighted by Crippen LogP contribution is -2.45. The number of hydrogen-bond acceptors (Lipinski definition) is 5. The fraction of sp³-hybridized carbons (Fsp3) is 0.500. The van der Waals surface area contributed by atoms with Crippen molar-refractivity contribution in [3.05, 3.63) is 23.8 Å². The van der Waals surface area contributed by atoms with Crippen LogP contribution in [0.2, 0.25) is 0 Å². The SMILES string of the molecule is CC(C)C(CN(C)C)NS(=O)(=O)c1ccc(N)cc1C#N. The van der Waals surface area contributed by atoms with Gasteiger partial charge in [0.25, 0.3) is 0 Å². The van der Waals surface area contributed by atoms with Crippen LogP contribution in [0.3, 0.4) is 0 Å². The fourth-order valence-corrected chi connectivity index (χ4v) is 3.42. The number of nitrogens with two attached hydrogens (primary N) is 1. The Balaban J connectivity index is 3.14. The number of rotatable bonds is 6. The average Bonchev–Trinajstić information content (AvgIpc) is 2.36. The smallest absolute Gasteiger partial charge is 0.242 e. The van der Waals surface area contributed by atoms with Crippen LogP contribution >= 0.6 is 0 Å². The van der Waals surface area contributed by atoms with Crippen molar-refractivity contribution in [1.29, 1.82) is 5.26 Å². The molecular weight excluding hydrogens is 288 g/mol. The van der Waals surface area contributed by atoms with Gasteiger partial charge >= 0.3 is 0 Å². The molecule has 3 N–H and O–H groups in total. The van der Waals surface area contributed by atoms with Gasteiger partial charge in [-0.15, -0.1) is 0 Å². The lowest BCUT2D eigenvalue weighted by atomic mass is 10.1. The first-order valence-corrected chi connectivity index (χ1v) is 8.12. The van der Waals surface area contributed by atoms with E-state index in [0.29, 0.717) is 12.2 Å². The van der Waals surface area contributed by atoms with Crippen molar-refractivity contribution in [2.45, 2.75) is 24.8 Å². The molecule has 21 heavy (non-hydrogen) atoms. The van der Waals surface area contributed by atoms with Crippen LogP contribution in [0.1, 0.15) is 19.4 Å². The maximum Gasteiger partial charge on any atom is 0.242 e. The van der Waals surface area contributed by atoms with Gasteiger partial charge in [0.05, 0.1) is 10.5 Å². The first-order chi connectivity index (χ1) is 9.67. The van der Waals surface area contributed by atoms with Gasteiger partial charge in [0.2, 0.25) is 10.0 Å². The summed E-state index contributed by atoms with van der Waals surface area (Å²) in [6.07, 6.45) is 0. The molecule has 0 aromatic heterocycles. The van der Waals surface area contributed by atoms with E-state index >= 15 is 0 Å². The summed E-state index contributed by atoms with van der Waals surface area (Å²) in [5, 5.41) is 9.09. The Kier molecular flexibility index (Phi) is 5.72. The molecule has 0 spiro atoms. The van der Waals surface area contributed by atoms with E-state index in [4.69, 9.17) is 11.0 Å². The van der Waals surface area contributed by atoms with Crippen LogP contribution in [0, 0.1) is 17.2 Å². The molecule has 1 rings (SSSR count). The third kappa shape index (κ3) is 4.70. The van der Waals surface area contributed by atoms with Crippen molar-refractivity contribution >= 4 is 15.7 Å². The molecule has 0 fully saturated rings. The van der Waals surface area contributed by atoms with E-state index in [0.717, 1.165) is 0 Å². The Bertz CT molecular complexity index is 633. The Hall–Kier alpha value is -1.62. The minimum Gasteiger partial charge on any atom is -0.399 e. The van der Waals surface area contributed by atoms with Crippen molar-refractivity contribution in [2.24, 2.45) is 5.92 Å². The lowest BCUT2D eigenvalue weighted by Gasteiger charge is -2.25. The summed E-state index contributed by atoms with van der Waals surface area (Å²) < 4.78 is 27.7. The molecule has 0 heterocycles. The zero-order valence-corrected chi connectivity index (χ0v) is 13.6. The van der Waals surface area contributed by atoms with E-state index in [2.05, 4.69) is 4.72 Å². The van der Waals surface area contributed by atoms with Gasteiger partial charge in [-0.2, -0.15) is 5.26 Å². The third-order valence-corrected chi connectivity index (χ3v) is 4.63. The molecule has 7 heteroatoms. The largest absolute Gasteiger partial charge is 0.399 e. The van der Waals surface area contributed by atoms with E-state index in [9.17, 15) is 8.42 Å². The fourth-order valence-electron chi connectivity index (χ4n) is 1.91. The summed E-state index contributed by atoms with van der Waals surface area (Å²) >= 11 is 0. The van der Waals surface area contributed by atoms with E-state index in [-0.39, 0.29) is 22.4 Å². The molecule has 1 aromatic rings. The van der Waals surface area contributed by atoms with Crippen LogP contribution in [0.15, 0.2) is 23.1 Å². The molecular formula is C14H22N4O2S. The van der Waals surface area contributed by atoms with Gasteiger partial charge in [-0.25, -0.2) is 13.1 Å². The van der Waals surface area contributed by atoms with Gasteiger partial charge in [0, 0.05) is 18.3 Å². The second kappa shape index (κ2) is 6.89. The standard InChI is InChI=1S/C14H22N4O2S/c1-10(2)13(9-18(3)4)17-21(19,20)14-6-5-12(16)7-11(14)8-15/h5-7,10,13,17H,9,16H2,1-4H3. The minimum absolute atomic E-state index is 0.0383. The van der Waals surface area contributed by atoms with Crippen LogP contribution in [0.25, 0.3) is 0 Å². The molecule has 116 valence electrons. The van der Waals surface area contributed by atoms with E-state index < -0.39 is 10.0 Å². The van der Waals surface area contributed by atoms with Crippen LogP contribution in [0.4, 0.5) is 5.69 Å². The van der Waals surface area contributed by atoms with Gasteiger partial charge in [0.1, 0.15) is 6.07 Å². The number of nitrogen functional groups attached to an aromatic ring is 1. The van der Waals surface area contributed by atoms with Crippen molar-refractivity contribution < 1.29 is 8.42 Å². The maximum atomic E-state index is 12.5. The summed E-state index contributed by atoms with van der Waals surface area (Å²) in [7, 11) is 0.000710. The number of nitriles is 1. The zero-order valence-electron chi connectivity index (χ0n) is 12.8. The summed E-state index contributed by atoms with van der Waals surface area (Å²) in [6.45, 7) is 4.48. The van der Waals surface area contributed by atoms with Crippen molar-refractivity contribution in [3.8, 4) is 6.07 Å². The quantitative estimate of drug-likeness (QED) is 0.764. The Morgan fingerprint density at radius 2 is 2.00 bits per heavy atom. The van der Waals surface area contributed by atoms with Gasteiger partial charge in [-0.1, -0.05) is 13.8 Å². The monoisotopic (exact) mass is 310 g/mol. The molecule has 0 aliphatic heterocycles. The molecule has 1 unspecified atom stereocenters. The summed E-state index contributed by atoms with van der Waals surface area (Å²) in [5.41, 5.74) is 6.00. The zero-order chi connectivity index (χ0) is 16.2. The topological polar surface area (TPSA) is 99.2 Å². The predicted octanol–water partition coefficient (Wildman–Crippen LogP) is 1.00. The normalized spacial score (nSPS) is 13.4. The van der Waals surface area contributed by atoms with Crippen LogP contribution in [-0.4, -0.2) is 40.0 Å². The molecule has 0 aliphatic carbocycles. The summed E-state index contributed by atoms with van der Waals surface area (Å²) in [6, 6.07) is 5.84.